The summed E-state index contributed by atoms with van der Waals surface area (Å²) in [4.78, 5) is 14.8. The van der Waals surface area contributed by atoms with E-state index >= 15 is 0 Å². The third-order valence-electron chi connectivity index (χ3n) is 7.66. The number of allylic oxidation sites excluding steroid dienone is 3. The Bertz CT molecular complexity index is 1690. The predicted molar refractivity (Wildman–Crippen MR) is 156 cm³/mol. The number of Topliss-reactive ketones (excluding diaryl/α,β-unsaturated/α-hetero) is 1. The van der Waals surface area contributed by atoms with E-state index in [1.165, 1.54) is 17.0 Å². The van der Waals surface area contributed by atoms with Crippen molar-refractivity contribution in [3.8, 4) is 11.8 Å². The van der Waals surface area contributed by atoms with Crippen molar-refractivity contribution < 1.29 is 22.7 Å². The molecule has 0 fully saturated rings. The molecule has 3 aromatic carbocycles. The van der Waals surface area contributed by atoms with Crippen LogP contribution in [0.5, 0.6) is 5.75 Å². The van der Waals surface area contributed by atoms with Gasteiger partial charge in [-0.3, -0.25) is 9.69 Å². The lowest BCUT2D eigenvalue weighted by molar-refractivity contribution is -0.137. The van der Waals surface area contributed by atoms with Crippen LogP contribution in [0, 0.1) is 25.2 Å². The van der Waals surface area contributed by atoms with Crippen LogP contribution in [-0.4, -0.2) is 5.78 Å². The summed E-state index contributed by atoms with van der Waals surface area (Å²) in [5.41, 5.74) is 9.17. The fourth-order valence-electron chi connectivity index (χ4n) is 5.68. The highest BCUT2D eigenvalue weighted by atomic mass is 35.5. The number of ketones is 1. The molecule has 42 heavy (non-hydrogen) atoms. The molecule has 5 nitrogen and oxygen atoms in total. The summed E-state index contributed by atoms with van der Waals surface area (Å²) in [6.45, 7) is 4.02. The molecule has 0 saturated carbocycles. The minimum atomic E-state index is -4.75. The Balaban J connectivity index is 1.66. The molecule has 0 spiro atoms. The van der Waals surface area contributed by atoms with Gasteiger partial charge in [-0.1, -0.05) is 35.3 Å². The van der Waals surface area contributed by atoms with Crippen LogP contribution in [0.4, 0.5) is 18.9 Å². The van der Waals surface area contributed by atoms with Gasteiger partial charge in [0.2, 0.25) is 0 Å². The van der Waals surface area contributed by atoms with Gasteiger partial charge in [0, 0.05) is 27.7 Å². The number of hydrogen-bond acceptors (Lipinski definition) is 5. The van der Waals surface area contributed by atoms with Crippen molar-refractivity contribution in [3.05, 3.63) is 115 Å². The number of nitriles is 1. The summed E-state index contributed by atoms with van der Waals surface area (Å²) < 4.78 is 48.5. The minimum Gasteiger partial charge on any atom is -0.489 e. The second-order valence-corrected chi connectivity index (χ2v) is 11.2. The van der Waals surface area contributed by atoms with Crippen LogP contribution in [0.25, 0.3) is 0 Å². The Kier molecular flexibility index (Phi) is 8.02. The number of nitrogens with zero attached hydrogens (tertiary/aromatic N) is 2. The van der Waals surface area contributed by atoms with Crippen molar-refractivity contribution >= 4 is 34.7 Å². The molecule has 2 N–H and O–H groups in total. The van der Waals surface area contributed by atoms with E-state index in [1.54, 1.807) is 24.3 Å². The van der Waals surface area contributed by atoms with Crippen LogP contribution >= 0.6 is 23.2 Å². The molecule has 0 aromatic heterocycles. The molecule has 1 aliphatic carbocycles. The Morgan fingerprint density at radius 2 is 1.71 bits per heavy atom. The molecule has 1 unspecified atom stereocenters. The maximum absolute atomic E-state index is 14.2. The van der Waals surface area contributed by atoms with E-state index in [-0.39, 0.29) is 46.5 Å². The summed E-state index contributed by atoms with van der Waals surface area (Å²) in [5.74, 6) is -0.604. The van der Waals surface area contributed by atoms with Crippen molar-refractivity contribution in [3.63, 3.8) is 0 Å². The van der Waals surface area contributed by atoms with E-state index in [1.807, 2.05) is 26.0 Å². The molecule has 5 rings (SSSR count). The number of alkyl halides is 3. The number of carbonyl (C=O) groups is 1. The first-order valence-corrected chi connectivity index (χ1v) is 14.0. The Morgan fingerprint density at radius 3 is 2.38 bits per heavy atom. The van der Waals surface area contributed by atoms with Crippen molar-refractivity contribution in [1.82, 2.24) is 0 Å². The zero-order chi connectivity index (χ0) is 30.3. The number of carbonyl (C=O) groups excluding carboxylic acids is 1. The molecule has 216 valence electrons. The van der Waals surface area contributed by atoms with Gasteiger partial charge in [-0.2, -0.15) is 18.4 Å². The first-order valence-electron chi connectivity index (χ1n) is 13.2. The van der Waals surface area contributed by atoms with Gasteiger partial charge in [0.25, 0.3) is 0 Å². The first-order chi connectivity index (χ1) is 19.9. The van der Waals surface area contributed by atoms with Gasteiger partial charge >= 0.3 is 6.18 Å². The van der Waals surface area contributed by atoms with E-state index in [0.29, 0.717) is 34.9 Å². The molecule has 0 saturated heterocycles. The summed E-state index contributed by atoms with van der Waals surface area (Å²) in [7, 11) is 0. The second-order valence-electron chi connectivity index (χ2n) is 10.4. The van der Waals surface area contributed by atoms with E-state index in [0.717, 1.165) is 22.8 Å². The zero-order valence-electron chi connectivity index (χ0n) is 22.8. The van der Waals surface area contributed by atoms with Gasteiger partial charge in [-0.15, -0.1) is 0 Å². The lowest BCUT2D eigenvalue weighted by Gasteiger charge is -2.40. The summed E-state index contributed by atoms with van der Waals surface area (Å²) >= 11 is 11.9. The first kappa shape index (κ1) is 29.6. The summed E-state index contributed by atoms with van der Waals surface area (Å²) in [6, 6.07) is 16.3. The average Bonchev–Trinajstić information content (AvgIpc) is 2.93. The van der Waals surface area contributed by atoms with Gasteiger partial charge in [0.05, 0.1) is 28.8 Å². The number of aryl methyl sites for hydroxylation is 2. The maximum atomic E-state index is 14.2. The lowest BCUT2D eigenvalue weighted by Crippen LogP contribution is -2.39. The number of ether oxygens (including phenoxy) is 1. The van der Waals surface area contributed by atoms with Gasteiger partial charge in [-0.05, 0) is 91.4 Å². The molecule has 0 bridgehead atoms. The van der Waals surface area contributed by atoms with Crippen LogP contribution < -0.4 is 15.4 Å². The van der Waals surface area contributed by atoms with Crippen molar-refractivity contribution in [2.75, 3.05) is 4.90 Å². The standard InChI is InChI=1S/C32H26Cl2F3N3O2/c1-17-12-18(2)23(13-19(17)16-42-22-9-6-20(33)7-10-22)29-24(15-38)31(39)40(27-4-3-5-28(41)30(27)29)26-11-8-21(34)14-25(26)32(35,36)37/h6-14,29H,3-5,16,39H2,1-2H3. The fraction of sp³-hybridized carbons (Fsp3) is 0.250. The Hall–Kier alpha value is -3.93. The highest BCUT2D eigenvalue weighted by molar-refractivity contribution is 6.31. The highest BCUT2D eigenvalue weighted by Gasteiger charge is 2.43. The van der Waals surface area contributed by atoms with Crippen LogP contribution in [0.1, 0.15) is 53.0 Å². The SMILES string of the molecule is Cc1cc(C)c(C2C(C#N)=C(N)N(c3ccc(Cl)cc3C(F)(F)F)C3=C2C(=O)CCC3)cc1COc1ccc(Cl)cc1. The summed E-state index contributed by atoms with van der Waals surface area (Å²) in [6.07, 6.45) is -3.78. The Labute approximate surface area is 251 Å². The Morgan fingerprint density at radius 1 is 1.02 bits per heavy atom. The third-order valence-corrected chi connectivity index (χ3v) is 8.15. The number of rotatable bonds is 5. The van der Waals surface area contributed by atoms with Gasteiger partial charge in [0.15, 0.2) is 5.78 Å². The largest absolute Gasteiger partial charge is 0.489 e. The number of halogens is 5. The van der Waals surface area contributed by atoms with E-state index in [4.69, 9.17) is 33.7 Å². The maximum Gasteiger partial charge on any atom is 0.418 e. The number of anilines is 1. The highest BCUT2D eigenvalue weighted by Crippen LogP contribution is 2.49. The zero-order valence-corrected chi connectivity index (χ0v) is 24.3. The molecule has 1 atom stereocenters. The van der Waals surface area contributed by atoms with Crippen LogP contribution in [0.15, 0.2) is 77.3 Å². The van der Waals surface area contributed by atoms with Crippen LogP contribution in [0.3, 0.4) is 0 Å². The van der Waals surface area contributed by atoms with Crippen molar-refractivity contribution in [2.45, 2.75) is 51.8 Å². The third kappa shape index (κ3) is 5.47. The monoisotopic (exact) mass is 611 g/mol. The van der Waals surface area contributed by atoms with Crippen molar-refractivity contribution in [1.29, 1.82) is 5.26 Å². The molecule has 1 aliphatic heterocycles. The number of nitrogens with two attached hydrogens (primary N) is 1. The van der Waals surface area contributed by atoms with Gasteiger partial charge < -0.3 is 10.5 Å². The summed E-state index contributed by atoms with van der Waals surface area (Å²) in [5, 5.41) is 10.9. The van der Waals surface area contributed by atoms with Crippen LogP contribution in [-0.2, 0) is 17.6 Å². The van der Waals surface area contributed by atoms with Gasteiger partial charge in [0.1, 0.15) is 18.2 Å². The molecular formula is C32H26Cl2F3N3O2. The minimum absolute atomic E-state index is 0.00333. The van der Waals surface area contributed by atoms with Crippen LogP contribution in [0.2, 0.25) is 10.0 Å². The average molecular weight is 612 g/mol. The lowest BCUT2D eigenvalue weighted by atomic mass is 9.74. The van der Waals surface area contributed by atoms with Crippen molar-refractivity contribution in [2.24, 2.45) is 5.73 Å². The molecular weight excluding hydrogens is 586 g/mol. The molecule has 0 amide bonds. The number of benzene rings is 3. The normalized spacial score (nSPS) is 17.3. The quantitative estimate of drug-likeness (QED) is 0.313. The van der Waals surface area contributed by atoms with E-state index in [9.17, 15) is 23.2 Å². The number of hydrogen-bond donors (Lipinski definition) is 1. The smallest absolute Gasteiger partial charge is 0.418 e. The molecule has 10 heteroatoms. The van der Waals surface area contributed by atoms with E-state index < -0.39 is 17.7 Å². The van der Waals surface area contributed by atoms with Gasteiger partial charge in [-0.25, -0.2) is 0 Å². The molecule has 2 aliphatic rings. The molecule has 1 heterocycles. The molecule has 3 aromatic rings. The fourth-order valence-corrected chi connectivity index (χ4v) is 5.98. The molecule has 0 radical (unpaired) electrons. The van der Waals surface area contributed by atoms with E-state index in [2.05, 4.69) is 6.07 Å². The predicted octanol–water partition coefficient (Wildman–Crippen LogP) is 8.51. The second kappa shape index (κ2) is 11.4. The topological polar surface area (TPSA) is 79.4 Å².